The summed E-state index contributed by atoms with van der Waals surface area (Å²) in [5.74, 6) is -0.360. The van der Waals surface area contributed by atoms with Gasteiger partial charge in [0.05, 0.1) is 21.5 Å². The summed E-state index contributed by atoms with van der Waals surface area (Å²) in [7, 11) is -3.79. The maximum atomic E-state index is 13.0. The highest BCUT2D eigenvalue weighted by Gasteiger charge is 2.19. The van der Waals surface area contributed by atoms with E-state index in [0.717, 1.165) is 24.0 Å². The van der Waals surface area contributed by atoms with Gasteiger partial charge in [0.2, 0.25) is 0 Å². The van der Waals surface area contributed by atoms with Crippen LogP contribution in [-0.2, 0) is 22.9 Å². The first kappa shape index (κ1) is 23.3. The van der Waals surface area contributed by atoms with Crippen molar-refractivity contribution in [3.63, 3.8) is 0 Å². The quantitative estimate of drug-likeness (QED) is 0.465. The van der Waals surface area contributed by atoms with Crippen molar-refractivity contribution in [1.29, 1.82) is 0 Å². The van der Waals surface area contributed by atoms with Crippen LogP contribution in [-0.4, -0.2) is 14.3 Å². The van der Waals surface area contributed by atoms with Gasteiger partial charge in [-0.1, -0.05) is 47.5 Å². The summed E-state index contributed by atoms with van der Waals surface area (Å²) in [5.41, 5.74) is 5.23. The third-order valence-corrected chi connectivity index (χ3v) is 7.74. The third kappa shape index (κ3) is 5.40. The Morgan fingerprint density at radius 1 is 0.939 bits per heavy atom. The van der Waals surface area contributed by atoms with Crippen molar-refractivity contribution < 1.29 is 13.2 Å². The van der Waals surface area contributed by atoms with Crippen molar-refractivity contribution in [2.24, 2.45) is 0 Å². The van der Waals surface area contributed by atoms with E-state index in [9.17, 15) is 13.2 Å². The van der Waals surface area contributed by atoms with Crippen molar-refractivity contribution in [2.75, 3.05) is 4.72 Å². The number of nitrogens with one attached hydrogen (secondary N) is 2. The Balaban J connectivity index is 1.51. The second-order valence-corrected chi connectivity index (χ2v) is 10.6. The van der Waals surface area contributed by atoms with Crippen LogP contribution in [0.4, 0.5) is 5.69 Å². The number of carbonyl (C=O) groups excluding carboxylic acids is 1. The van der Waals surface area contributed by atoms with Crippen LogP contribution in [0.5, 0.6) is 0 Å². The van der Waals surface area contributed by atoms with Gasteiger partial charge in [-0.25, -0.2) is 8.42 Å². The van der Waals surface area contributed by atoms with Crippen LogP contribution in [0.15, 0.2) is 65.6 Å². The van der Waals surface area contributed by atoms with Crippen LogP contribution >= 0.6 is 11.6 Å². The number of rotatable bonds is 6. The number of hydrogen-bond acceptors (Lipinski definition) is 3. The molecule has 1 aliphatic carbocycles. The molecular weight excluding hydrogens is 456 g/mol. The van der Waals surface area contributed by atoms with Crippen LogP contribution < -0.4 is 10.0 Å². The fraction of sp³-hybridized carbons (Fsp3) is 0.269. The minimum absolute atomic E-state index is 0.148. The fourth-order valence-electron chi connectivity index (χ4n) is 4.07. The molecule has 0 aliphatic heterocycles. The number of fused-ring (bicyclic) bond motifs is 1. The predicted octanol–water partition coefficient (Wildman–Crippen LogP) is 5.82. The van der Waals surface area contributed by atoms with E-state index >= 15 is 0 Å². The fourth-order valence-corrected chi connectivity index (χ4v) is 5.33. The van der Waals surface area contributed by atoms with Gasteiger partial charge in [0.25, 0.3) is 15.9 Å². The average molecular weight is 483 g/mol. The number of carbonyl (C=O) groups is 1. The predicted molar refractivity (Wildman–Crippen MR) is 132 cm³/mol. The molecule has 3 aromatic carbocycles. The monoisotopic (exact) mass is 482 g/mol. The van der Waals surface area contributed by atoms with Gasteiger partial charge in [-0.15, -0.1) is 0 Å². The molecule has 0 aromatic heterocycles. The summed E-state index contributed by atoms with van der Waals surface area (Å²) in [6.07, 6.45) is 4.59. The van der Waals surface area contributed by atoms with Crippen LogP contribution in [0.1, 0.15) is 58.4 Å². The molecule has 1 amide bonds. The molecule has 0 saturated carbocycles. The molecule has 0 fully saturated rings. The van der Waals surface area contributed by atoms with Crippen LogP contribution in [0, 0.1) is 6.92 Å². The van der Waals surface area contributed by atoms with Crippen molar-refractivity contribution in [3.8, 4) is 0 Å². The molecule has 172 valence electrons. The number of aryl methyl sites for hydroxylation is 3. The highest BCUT2D eigenvalue weighted by atomic mass is 35.5. The van der Waals surface area contributed by atoms with E-state index in [4.69, 9.17) is 11.6 Å². The minimum atomic E-state index is -3.79. The molecule has 0 spiro atoms. The third-order valence-electron chi connectivity index (χ3n) is 6.01. The first-order valence-electron chi connectivity index (χ1n) is 11.0. The number of sulfonamides is 1. The molecule has 4 rings (SSSR count). The normalized spacial score (nSPS) is 14.3. The molecular formula is C26H27ClN2O3S. The molecule has 33 heavy (non-hydrogen) atoms. The van der Waals surface area contributed by atoms with Crippen molar-refractivity contribution in [1.82, 2.24) is 5.32 Å². The molecule has 3 aromatic rings. The van der Waals surface area contributed by atoms with E-state index in [1.807, 2.05) is 13.8 Å². The molecule has 1 aliphatic rings. The Hall–Kier alpha value is -2.83. The Kier molecular flexibility index (Phi) is 6.77. The maximum absolute atomic E-state index is 13.0. The number of hydrogen-bond donors (Lipinski definition) is 2. The van der Waals surface area contributed by atoms with Crippen LogP contribution in [0.2, 0.25) is 5.02 Å². The van der Waals surface area contributed by atoms with Gasteiger partial charge in [0.1, 0.15) is 0 Å². The van der Waals surface area contributed by atoms with Gasteiger partial charge in [0, 0.05) is 5.69 Å². The highest BCUT2D eigenvalue weighted by molar-refractivity contribution is 7.92. The van der Waals surface area contributed by atoms with Crippen molar-refractivity contribution in [3.05, 3.63) is 93.5 Å². The Labute approximate surface area is 200 Å². The summed E-state index contributed by atoms with van der Waals surface area (Å²) in [6.45, 7) is 3.82. The molecule has 2 N–H and O–H groups in total. The molecule has 0 saturated heterocycles. The van der Waals surface area contributed by atoms with Crippen LogP contribution in [0.3, 0.4) is 0 Å². The van der Waals surface area contributed by atoms with Gasteiger partial charge in [-0.05, 0) is 86.6 Å². The molecule has 1 unspecified atom stereocenters. The Morgan fingerprint density at radius 3 is 2.36 bits per heavy atom. The lowest BCUT2D eigenvalue weighted by atomic mass is 9.89. The van der Waals surface area contributed by atoms with Gasteiger partial charge < -0.3 is 5.32 Å². The smallest absolute Gasteiger partial charge is 0.261 e. The Morgan fingerprint density at radius 2 is 1.64 bits per heavy atom. The van der Waals surface area contributed by atoms with E-state index in [1.165, 1.54) is 42.2 Å². The van der Waals surface area contributed by atoms with Gasteiger partial charge >= 0.3 is 0 Å². The highest BCUT2D eigenvalue weighted by Crippen LogP contribution is 2.27. The van der Waals surface area contributed by atoms with E-state index < -0.39 is 10.0 Å². The van der Waals surface area contributed by atoms with E-state index in [2.05, 4.69) is 28.2 Å². The number of amides is 1. The zero-order chi connectivity index (χ0) is 23.6. The average Bonchev–Trinajstić information content (AvgIpc) is 2.80. The summed E-state index contributed by atoms with van der Waals surface area (Å²) >= 11 is 6.28. The molecule has 1 atom stereocenters. The first-order valence-corrected chi connectivity index (χ1v) is 12.9. The molecule has 0 radical (unpaired) electrons. The standard InChI is InChI=1S/C26H27ClN2O3S/c1-17-7-12-23(13-8-17)33(31,32)29-22-11-14-25(27)24(16-22)26(30)28-18(2)20-10-9-19-5-3-4-6-21(19)15-20/h7-16,18,29H,3-6H2,1-2H3,(H,28,30). The SMILES string of the molecule is Cc1ccc(S(=O)(=O)Nc2ccc(Cl)c(C(=O)NC(C)c3ccc4c(c3)CCCC4)c2)cc1. The second-order valence-electron chi connectivity index (χ2n) is 8.54. The first-order chi connectivity index (χ1) is 15.7. The van der Waals surface area contributed by atoms with E-state index in [0.29, 0.717) is 0 Å². The van der Waals surface area contributed by atoms with E-state index in [1.54, 1.807) is 24.3 Å². The summed E-state index contributed by atoms with van der Waals surface area (Å²) < 4.78 is 28.0. The topological polar surface area (TPSA) is 75.3 Å². The summed E-state index contributed by atoms with van der Waals surface area (Å²) in [4.78, 5) is 13.1. The number of benzene rings is 3. The zero-order valence-electron chi connectivity index (χ0n) is 18.7. The number of anilines is 1. The largest absolute Gasteiger partial charge is 0.345 e. The summed E-state index contributed by atoms with van der Waals surface area (Å²) in [5, 5.41) is 3.24. The lowest BCUT2D eigenvalue weighted by Gasteiger charge is -2.20. The van der Waals surface area contributed by atoms with Crippen molar-refractivity contribution >= 4 is 33.2 Å². The molecule has 0 bridgehead atoms. The summed E-state index contributed by atoms with van der Waals surface area (Å²) in [6, 6.07) is 17.2. The maximum Gasteiger partial charge on any atom is 0.261 e. The number of halogens is 1. The lowest BCUT2D eigenvalue weighted by molar-refractivity contribution is 0.0940. The van der Waals surface area contributed by atoms with Gasteiger partial charge in [-0.2, -0.15) is 0 Å². The van der Waals surface area contributed by atoms with Crippen molar-refractivity contribution in [2.45, 2.75) is 50.5 Å². The molecule has 5 nitrogen and oxygen atoms in total. The zero-order valence-corrected chi connectivity index (χ0v) is 20.3. The van der Waals surface area contributed by atoms with E-state index in [-0.39, 0.29) is 33.1 Å². The molecule has 0 heterocycles. The van der Waals surface area contributed by atoms with Crippen LogP contribution in [0.25, 0.3) is 0 Å². The lowest BCUT2D eigenvalue weighted by Crippen LogP contribution is -2.27. The molecule has 7 heteroatoms. The Bertz CT molecular complexity index is 1290. The second kappa shape index (κ2) is 9.57. The van der Waals surface area contributed by atoms with Gasteiger partial charge in [0.15, 0.2) is 0 Å². The van der Waals surface area contributed by atoms with Gasteiger partial charge in [-0.3, -0.25) is 9.52 Å². The minimum Gasteiger partial charge on any atom is -0.345 e.